The Morgan fingerprint density at radius 2 is 2.00 bits per heavy atom. The van der Waals surface area contributed by atoms with Crippen LogP contribution in [0, 0.1) is 5.82 Å². The summed E-state index contributed by atoms with van der Waals surface area (Å²) in [5.41, 5.74) is 6.48. The van der Waals surface area contributed by atoms with Crippen LogP contribution in [0.3, 0.4) is 0 Å². The molecule has 0 saturated heterocycles. The van der Waals surface area contributed by atoms with Crippen molar-refractivity contribution in [2.24, 2.45) is 0 Å². The van der Waals surface area contributed by atoms with Gasteiger partial charge >= 0.3 is 0 Å². The minimum atomic E-state index is -0.524. The molecular formula is C13H12BrClFN3. The fraction of sp³-hybridized carbons (Fsp3) is 0.231. The molecule has 1 aromatic heterocycles. The zero-order valence-corrected chi connectivity index (χ0v) is 12.8. The monoisotopic (exact) mass is 343 g/mol. The summed E-state index contributed by atoms with van der Waals surface area (Å²) in [5, 5.41) is 0.0285. The van der Waals surface area contributed by atoms with Crippen LogP contribution < -0.4 is 5.73 Å². The van der Waals surface area contributed by atoms with E-state index in [0.29, 0.717) is 27.4 Å². The Morgan fingerprint density at radius 3 is 2.63 bits per heavy atom. The summed E-state index contributed by atoms with van der Waals surface area (Å²) >= 11 is 9.05. The van der Waals surface area contributed by atoms with Gasteiger partial charge in [0.15, 0.2) is 5.82 Å². The Bertz CT molecular complexity index is 632. The first kappa shape index (κ1) is 14.2. The van der Waals surface area contributed by atoms with E-state index in [4.69, 9.17) is 17.3 Å². The van der Waals surface area contributed by atoms with Crippen molar-refractivity contribution in [3.63, 3.8) is 0 Å². The van der Waals surface area contributed by atoms with E-state index in [1.807, 2.05) is 13.8 Å². The van der Waals surface area contributed by atoms with Crippen LogP contribution >= 0.6 is 27.5 Å². The average Bonchev–Trinajstić information content (AvgIpc) is 2.35. The molecule has 0 atom stereocenters. The molecule has 3 nitrogen and oxygen atoms in total. The van der Waals surface area contributed by atoms with Crippen molar-refractivity contribution >= 4 is 33.3 Å². The van der Waals surface area contributed by atoms with Crippen LogP contribution in [0.1, 0.15) is 25.6 Å². The molecule has 0 aliphatic heterocycles. The average molecular weight is 345 g/mol. The van der Waals surface area contributed by atoms with Crippen LogP contribution in [0.2, 0.25) is 5.02 Å². The number of nitrogens with two attached hydrogens (primary N) is 1. The van der Waals surface area contributed by atoms with Crippen molar-refractivity contribution in [3.05, 3.63) is 39.3 Å². The molecule has 100 valence electrons. The fourth-order valence-electron chi connectivity index (χ4n) is 1.61. The first-order chi connectivity index (χ1) is 8.90. The summed E-state index contributed by atoms with van der Waals surface area (Å²) in [6.45, 7) is 3.90. The molecule has 0 saturated carbocycles. The van der Waals surface area contributed by atoms with Gasteiger partial charge in [-0.1, -0.05) is 25.4 Å². The zero-order valence-electron chi connectivity index (χ0n) is 10.4. The lowest BCUT2D eigenvalue weighted by Crippen LogP contribution is -2.03. The summed E-state index contributed by atoms with van der Waals surface area (Å²) in [6, 6.07) is 4.82. The van der Waals surface area contributed by atoms with Gasteiger partial charge in [-0.3, -0.25) is 0 Å². The molecule has 1 heterocycles. The quantitative estimate of drug-likeness (QED) is 0.821. The van der Waals surface area contributed by atoms with Gasteiger partial charge in [-0.25, -0.2) is 14.4 Å². The Morgan fingerprint density at radius 1 is 1.32 bits per heavy atom. The van der Waals surface area contributed by atoms with E-state index < -0.39 is 5.82 Å². The van der Waals surface area contributed by atoms with Gasteiger partial charge in [0.2, 0.25) is 0 Å². The molecule has 2 N–H and O–H groups in total. The highest BCUT2D eigenvalue weighted by molar-refractivity contribution is 9.10. The Kier molecular flexibility index (Phi) is 4.06. The SMILES string of the molecule is CC(C)c1nc(N)cc(-c2ccc(Br)c(Cl)c2F)n1. The van der Waals surface area contributed by atoms with E-state index >= 15 is 0 Å². The van der Waals surface area contributed by atoms with Gasteiger partial charge in [0, 0.05) is 22.0 Å². The summed E-state index contributed by atoms with van der Waals surface area (Å²) in [4.78, 5) is 8.46. The van der Waals surface area contributed by atoms with Crippen LogP contribution in [0.4, 0.5) is 10.2 Å². The number of benzene rings is 1. The van der Waals surface area contributed by atoms with Crippen LogP contribution in [0.15, 0.2) is 22.7 Å². The first-order valence-corrected chi connectivity index (χ1v) is 6.85. The number of rotatable bonds is 2. The predicted octanol–water partition coefficient (Wildman–Crippen LogP) is 4.40. The first-order valence-electron chi connectivity index (χ1n) is 5.68. The molecule has 0 bridgehead atoms. The third kappa shape index (κ3) is 2.87. The lowest BCUT2D eigenvalue weighted by atomic mass is 10.1. The summed E-state index contributed by atoms with van der Waals surface area (Å²) in [5.74, 6) is 0.473. The van der Waals surface area contributed by atoms with Gasteiger partial charge < -0.3 is 5.73 Å². The molecule has 2 aromatic rings. The molecule has 0 amide bonds. The number of aromatic nitrogens is 2. The van der Waals surface area contributed by atoms with E-state index in [-0.39, 0.29) is 10.9 Å². The topological polar surface area (TPSA) is 51.8 Å². The maximum Gasteiger partial charge on any atom is 0.152 e. The van der Waals surface area contributed by atoms with Crippen molar-refractivity contribution in [3.8, 4) is 11.3 Å². The Balaban J connectivity index is 2.62. The second-order valence-electron chi connectivity index (χ2n) is 4.41. The maximum atomic E-state index is 14.1. The molecule has 1 aromatic carbocycles. The smallest absolute Gasteiger partial charge is 0.152 e. The van der Waals surface area contributed by atoms with Gasteiger partial charge in [0.1, 0.15) is 11.6 Å². The van der Waals surface area contributed by atoms with Crippen molar-refractivity contribution < 1.29 is 4.39 Å². The van der Waals surface area contributed by atoms with Crippen LogP contribution in [0.25, 0.3) is 11.3 Å². The fourth-order valence-corrected chi connectivity index (χ4v) is 2.08. The molecule has 0 fully saturated rings. The summed E-state index contributed by atoms with van der Waals surface area (Å²) in [6.07, 6.45) is 0. The highest BCUT2D eigenvalue weighted by atomic mass is 79.9. The second kappa shape index (κ2) is 5.43. The number of halogens is 3. The predicted molar refractivity (Wildman–Crippen MR) is 78.6 cm³/mol. The zero-order chi connectivity index (χ0) is 14.2. The summed E-state index contributed by atoms with van der Waals surface area (Å²) in [7, 11) is 0. The molecule has 0 aliphatic rings. The molecule has 2 rings (SSSR count). The Labute approximate surface area is 124 Å². The van der Waals surface area contributed by atoms with Crippen molar-refractivity contribution in [2.75, 3.05) is 5.73 Å². The number of anilines is 1. The van der Waals surface area contributed by atoms with Gasteiger partial charge in [-0.05, 0) is 28.1 Å². The van der Waals surface area contributed by atoms with Crippen LogP contribution in [0.5, 0.6) is 0 Å². The van der Waals surface area contributed by atoms with Gasteiger partial charge in [-0.2, -0.15) is 0 Å². The van der Waals surface area contributed by atoms with E-state index in [1.54, 1.807) is 12.1 Å². The highest BCUT2D eigenvalue weighted by Gasteiger charge is 2.15. The van der Waals surface area contributed by atoms with Crippen molar-refractivity contribution in [1.82, 2.24) is 9.97 Å². The normalized spacial score (nSPS) is 11.1. The maximum absolute atomic E-state index is 14.1. The van der Waals surface area contributed by atoms with E-state index in [0.717, 1.165) is 0 Å². The third-order valence-electron chi connectivity index (χ3n) is 2.59. The van der Waals surface area contributed by atoms with E-state index in [1.165, 1.54) is 6.07 Å². The minimum absolute atomic E-state index is 0.0285. The van der Waals surface area contributed by atoms with Gasteiger partial charge in [-0.15, -0.1) is 0 Å². The molecule has 6 heteroatoms. The van der Waals surface area contributed by atoms with Crippen LogP contribution in [-0.2, 0) is 0 Å². The van der Waals surface area contributed by atoms with Crippen molar-refractivity contribution in [1.29, 1.82) is 0 Å². The highest BCUT2D eigenvalue weighted by Crippen LogP contribution is 2.33. The lowest BCUT2D eigenvalue weighted by molar-refractivity contribution is 0.630. The number of hydrogen-bond donors (Lipinski definition) is 1. The third-order valence-corrected chi connectivity index (χ3v) is 3.85. The molecule has 0 radical (unpaired) electrons. The standard InChI is InChI=1S/C13H12BrClFN3/c1-6(2)13-18-9(5-10(17)19-13)7-3-4-8(14)11(15)12(7)16/h3-6H,1-2H3,(H2,17,18,19). The minimum Gasteiger partial charge on any atom is -0.384 e. The molecule has 0 spiro atoms. The van der Waals surface area contributed by atoms with E-state index in [9.17, 15) is 4.39 Å². The van der Waals surface area contributed by atoms with Crippen LogP contribution in [-0.4, -0.2) is 9.97 Å². The summed E-state index contributed by atoms with van der Waals surface area (Å²) < 4.78 is 14.7. The largest absolute Gasteiger partial charge is 0.384 e. The molecule has 19 heavy (non-hydrogen) atoms. The molecule has 0 aliphatic carbocycles. The number of nitrogen functional groups attached to an aromatic ring is 1. The molecule has 0 unspecified atom stereocenters. The number of nitrogens with zero attached hydrogens (tertiary/aromatic N) is 2. The number of hydrogen-bond acceptors (Lipinski definition) is 3. The van der Waals surface area contributed by atoms with Gasteiger partial charge in [0.25, 0.3) is 0 Å². The van der Waals surface area contributed by atoms with E-state index in [2.05, 4.69) is 25.9 Å². The lowest BCUT2D eigenvalue weighted by Gasteiger charge is -2.10. The second-order valence-corrected chi connectivity index (χ2v) is 5.65. The molecular weight excluding hydrogens is 333 g/mol. The van der Waals surface area contributed by atoms with Crippen molar-refractivity contribution in [2.45, 2.75) is 19.8 Å². The Hall–Kier alpha value is -1.20. The van der Waals surface area contributed by atoms with Gasteiger partial charge in [0.05, 0.1) is 10.7 Å².